The van der Waals surface area contributed by atoms with Crippen molar-refractivity contribution in [3.63, 3.8) is 0 Å². The third-order valence-electron chi connectivity index (χ3n) is 4.80. The molecular formula is C16H29NOS. The number of carbonyl (C=O) groups is 1. The lowest BCUT2D eigenvalue weighted by Gasteiger charge is -2.36. The predicted molar refractivity (Wildman–Crippen MR) is 83.7 cm³/mol. The Labute approximate surface area is 122 Å². The molecule has 3 heteroatoms. The van der Waals surface area contributed by atoms with Crippen LogP contribution in [0.5, 0.6) is 0 Å². The highest BCUT2D eigenvalue weighted by Gasteiger charge is 2.38. The van der Waals surface area contributed by atoms with Gasteiger partial charge in [0, 0.05) is 34.9 Å². The Balaban J connectivity index is 1.92. The van der Waals surface area contributed by atoms with Crippen LogP contribution in [0.4, 0.5) is 0 Å². The van der Waals surface area contributed by atoms with Gasteiger partial charge < -0.3 is 4.90 Å². The van der Waals surface area contributed by atoms with E-state index in [0.717, 1.165) is 32.5 Å². The number of carbonyl (C=O) groups excluding carboxylic acids is 1. The molecule has 0 bridgehead atoms. The number of thioether (sulfide) groups is 1. The van der Waals surface area contributed by atoms with E-state index < -0.39 is 0 Å². The van der Waals surface area contributed by atoms with E-state index in [2.05, 4.69) is 44.4 Å². The highest BCUT2D eigenvalue weighted by molar-refractivity contribution is 8.00. The first kappa shape index (κ1) is 15.4. The van der Waals surface area contributed by atoms with Crippen LogP contribution in [0, 0.1) is 11.3 Å². The maximum Gasteiger partial charge on any atom is 0.142 e. The summed E-state index contributed by atoms with van der Waals surface area (Å²) in [5.74, 6) is 2.00. The molecular weight excluding hydrogens is 254 g/mol. The van der Waals surface area contributed by atoms with E-state index in [4.69, 9.17) is 0 Å². The average molecular weight is 283 g/mol. The molecule has 2 rings (SSSR count). The highest BCUT2D eigenvalue weighted by atomic mass is 32.2. The monoisotopic (exact) mass is 283 g/mol. The van der Waals surface area contributed by atoms with Gasteiger partial charge in [0.25, 0.3) is 0 Å². The number of ketones is 1. The number of Topliss-reactive ketones (excluding diaryl/α,β-unsaturated/α-hetero) is 1. The summed E-state index contributed by atoms with van der Waals surface area (Å²) in [6.07, 6.45) is 4.64. The second-order valence-corrected chi connectivity index (χ2v) is 9.30. The van der Waals surface area contributed by atoms with Crippen molar-refractivity contribution in [2.45, 2.75) is 58.1 Å². The Bertz CT molecular complexity index is 338. The van der Waals surface area contributed by atoms with Gasteiger partial charge in [0.15, 0.2) is 0 Å². The number of rotatable bonds is 2. The van der Waals surface area contributed by atoms with E-state index in [-0.39, 0.29) is 11.3 Å². The van der Waals surface area contributed by atoms with Crippen LogP contribution in [0.1, 0.15) is 53.4 Å². The zero-order chi connectivity index (χ0) is 14.1. The smallest absolute Gasteiger partial charge is 0.142 e. The summed E-state index contributed by atoms with van der Waals surface area (Å²) in [7, 11) is 0. The number of hydrogen-bond acceptors (Lipinski definition) is 3. The molecule has 2 aliphatic rings. The van der Waals surface area contributed by atoms with Gasteiger partial charge in [0.05, 0.1) is 0 Å². The molecule has 1 atom stereocenters. The van der Waals surface area contributed by atoms with E-state index in [1.165, 1.54) is 18.6 Å². The Morgan fingerprint density at radius 2 is 1.95 bits per heavy atom. The molecule has 0 aromatic heterocycles. The van der Waals surface area contributed by atoms with E-state index in [0.29, 0.717) is 10.5 Å². The average Bonchev–Trinajstić information content (AvgIpc) is 2.47. The van der Waals surface area contributed by atoms with E-state index in [9.17, 15) is 4.79 Å². The van der Waals surface area contributed by atoms with Crippen LogP contribution in [-0.2, 0) is 4.79 Å². The fourth-order valence-corrected chi connectivity index (χ4v) is 4.47. The molecule has 2 nitrogen and oxygen atoms in total. The van der Waals surface area contributed by atoms with Gasteiger partial charge in [-0.05, 0) is 25.8 Å². The third kappa shape index (κ3) is 3.98. The van der Waals surface area contributed by atoms with Crippen molar-refractivity contribution in [2.24, 2.45) is 11.3 Å². The molecule has 1 unspecified atom stereocenters. The van der Waals surface area contributed by atoms with Gasteiger partial charge in [0.2, 0.25) is 0 Å². The minimum absolute atomic E-state index is 0.0806. The number of nitrogens with zero attached hydrogens (tertiary/aromatic N) is 1. The van der Waals surface area contributed by atoms with Crippen molar-refractivity contribution >= 4 is 17.5 Å². The molecule has 19 heavy (non-hydrogen) atoms. The second kappa shape index (κ2) is 5.77. The van der Waals surface area contributed by atoms with Crippen molar-refractivity contribution in [3.8, 4) is 0 Å². The maximum absolute atomic E-state index is 12.5. The minimum atomic E-state index is -0.0806. The number of hydrogen-bond donors (Lipinski definition) is 0. The molecule has 0 radical (unpaired) electrons. The van der Waals surface area contributed by atoms with Crippen LogP contribution in [0.2, 0.25) is 0 Å². The van der Waals surface area contributed by atoms with Gasteiger partial charge in [-0.1, -0.05) is 34.1 Å². The van der Waals surface area contributed by atoms with Crippen molar-refractivity contribution in [1.82, 2.24) is 4.90 Å². The van der Waals surface area contributed by atoms with Gasteiger partial charge in [-0.3, -0.25) is 4.79 Å². The Kier molecular flexibility index (Phi) is 4.67. The summed E-state index contributed by atoms with van der Waals surface area (Å²) in [5.41, 5.74) is -0.0806. The van der Waals surface area contributed by atoms with Crippen LogP contribution in [0.25, 0.3) is 0 Å². The van der Waals surface area contributed by atoms with Crippen molar-refractivity contribution in [1.29, 1.82) is 0 Å². The first-order chi connectivity index (χ1) is 8.80. The highest BCUT2D eigenvalue weighted by Crippen LogP contribution is 2.36. The maximum atomic E-state index is 12.5. The van der Waals surface area contributed by atoms with Crippen LogP contribution in [-0.4, -0.2) is 40.8 Å². The van der Waals surface area contributed by atoms with Crippen molar-refractivity contribution in [2.75, 3.05) is 25.4 Å². The van der Waals surface area contributed by atoms with E-state index in [1.807, 2.05) is 0 Å². The Morgan fingerprint density at radius 1 is 1.21 bits per heavy atom. The molecule has 0 aromatic carbocycles. The zero-order valence-electron chi connectivity index (χ0n) is 13.0. The molecule has 1 heterocycles. The van der Waals surface area contributed by atoms with Crippen LogP contribution in [0.3, 0.4) is 0 Å². The lowest BCUT2D eigenvalue weighted by atomic mass is 9.71. The molecule has 1 aliphatic carbocycles. The van der Waals surface area contributed by atoms with Gasteiger partial charge in [-0.2, -0.15) is 11.8 Å². The van der Waals surface area contributed by atoms with Gasteiger partial charge >= 0.3 is 0 Å². The molecule has 0 amide bonds. The second-order valence-electron chi connectivity index (χ2n) is 7.50. The first-order valence-corrected chi connectivity index (χ1v) is 8.69. The molecule has 0 N–H and O–H groups in total. The van der Waals surface area contributed by atoms with E-state index in [1.54, 1.807) is 0 Å². The Morgan fingerprint density at radius 3 is 2.68 bits per heavy atom. The van der Waals surface area contributed by atoms with Crippen molar-refractivity contribution in [3.05, 3.63) is 0 Å². The zero-order valence-corrected chi connectivity index (χ0v) is 13.8. The van der Waals surface area contributed by atoms with Gasteiger partial charge in [0.1, 0.15) is 5.78 Å². The van der Waals surface area contributed by atoms with Gasteiger partial charge in [-0.15, -0.1) is 0 Å². The largest absolute Gasteiger partial charge is 0.302 e. The summed E-state index contributed by atoms with van der Waals surface area (Å²) in [6, 6.07) is 0. The molecule has 1 saturated carbocycles. The fraction of sp³-hybridized carbons (Fsp3) is 0.938. The van der Waals surface area contributed by atoms with Gasteiger partial charge in [-0.25, -0.2) is 0 Å². The summed E-state index contributed by atoms with van der Waals surface area (Å²) < 4.78 is 0.407. The van der Waals surface area contributed by atoms with Crippen molar-refractivity contribution < 1.29 is 4.79 Å². The summed E-state index contributed by atoms with van der Waals surface area (Å²) in [4.78, 5) is 15.0. The molecule has 1 saturated heterocycles. The van der Waals surface area contributed by atoms with E-state index >= 15 is 0 Å². The van der Waals surface area contributed by atoms with Crippen LogP contribution < -0.4 is 0 Å². The summed E-state index contributed by atoms with van der Waals surface area (Å²) in [6.45, 7) is 12.2. The Hall–Kier alpha value is -0.0200. The minimum Gasteiger partial charge on any atom is -0.302 e. The molecule has 1 aliphatic heterocycles. The molecule has 2 fully saturated rings. The standard InChI is InChI=1S/C16H29NOS/c1-15(2)7-5-6-13(14(15)18)12-17-9-8-16(3,4)19-11-10-17/h13H,5-12H2,1-4H3. The summed E-state index contributed by atoms with van der Waals surface area (Å²) >= 11 is 2.08. The quantitative estimate of drug-likeness (QED) is 0.772. The third-order valence-corrected chi connectivity index (χ3v) is 6.17. The van der Waals surface area contributed by atoms with Crippen LogP contribution in [0.15, 0.2) is 0 Å². The topological polar surface area (TPSA) is 20.3 Å². The molecule has 110 valence electrons. The first-order valence-electron chi connectivity index (χ1n) is 7.71. The predicted octanol–water partition coefficient (Wildman–Crippen LogP) is 3.60. The lowest BCUT2D eigenvalue weighted by Crippen LogP contribution is -2.42. The van der Waals surface area contributed by atoms with Crippen LogP contribution >= 0.6 is 11.8 Å². The SMILES string of the molecule is CC1(C)CCN(CC2CCCC(C)(C)C2=O)CCS1. The lowest BCUT2D eigenvalue weighted by molar-refractivity contribution is -0.135. The summed E-state index contributed by atoms with van der Waals surface area (Å²) in [5, 5.41) is 0. The normalized spacial score (nSPS) is 32.0. The fourth-order valence-electron chi connectivity index (χ4n) is 3.33. The molecule has 0 aromatic rings. The molecule has 0 spiro atoms.